The molecule has 0 saturated heterocycles. The molecule has 3 atom stereocenters. The van der Waals surface area contributed by atoms with Crippen molar-refractivity contribution < 1.29 is 28.9 Å². The highest BCUT2D eigenvalue weighted by molar-refractivity contribution is 5.84. The van der Waals surface area contributed by atoms with E-state index in [1.165, 1.54) is 0 Å². The van der Waals surface area contributed by atoms with Crippen LogP contribution in [-0.2, 0) is 14.3 Å². The lowest BCUT2D eigenvalue weighted by molar-refractivity contribution is -0.164. The third kappa shape index (κ3) is 4.46. The fourth-order valence-electron chi connectivity index (χ4n) is 2.93. The van der Waals surface area contributed by atoms with Crippen molar-refractivity contribution in [3.8, 4) is 11.5 Å². The van der Waals surface area contributed by atoms with Gasteiger partial charge >= 0.3 is 5.97 Å². The van der Waals surface area contributed by atoms with Crippen molar-refractivity contribution in [2.75, 3.05) is 19.8 Å². The van der Waals surface area contributed by atoms with Gasteiger partial charge in [-0.05, 0) is 50.8 Å². The zero-order chi connectivity index (χ0) is 18.9. The van der Waals surface area contributed by atoms with E-state index < -0.39 is 17.7 Å². The maximum atomic E-state index is 12.3. The molecule has 2 aliphatic rings. The number of hydrogen-bond acceptors (Lipinski definition) is 6. The van der Waals surface area contributed by atoms with E-state index in [0.29, 0.717) is 19.0 Å². The fourth-order valence-corrected chi connectivity index (χ4v) is 2.93. The summed E-state index contributed by atoms with van der Waals surface area (Å²) < 4.78 is 16.2. The molecule has 7 nitrogen and oxygen atoms in total. The number of nitrogens with one attached hydrogen (secondary N) is 1. The summed E-state index contributed by atoms with van der Waals surface area (Å²) in [5.41, 5.74) is 0.351. The molecule has 1 amide bonds. The lowest BCUT2D eigenvalue weighted by Gasteiger charge is -2.21. The van der Waals surface area contributed by atoms with Gasteiger partial charge in [-0.15, -0.1) is 0 Å². The fraction of sp³-hybridized carbons (Fsp3) is 0.579. The predicted molar refractivity (Wildman–Crippen MR) is 93.1 cm³/mol. The molecule has 142 valence electrons. The van der Waals surface area contributed by atoms with Crippen molar-refractivity contribution in [2.24, 2.45) is 5.92 Å². The van der Waals surface area contributed by atoms with E-state index in [4.69, 9.17) is 14.2 Å². The Balaban J connectivity index is 1.49. The summed E-state index contributed by atoms with van der Waals surface area (Å²) in [6.45, 7) is 6.07. The van der Waals surface area contributed by atoms with Crippen molar-refractivity contribution in [1.82, 2.24) is 5.32 Å². The first-order valence-electron chi connectivity index (χ1n) is 8.83. The summed E-state index contributed by atoms with van der Waals surface area (Å²) in [5.74, 6) is 0.472. The summed E-state index contributed by atoms with van der Waals surface area (Å²) in [5, 5.41) is 12.5. The molecule has 1 aliphatic carbocycles. The van der Waals surface area contributed by atoms with E-state index >= 15 is 0 Å². The highest BCUT2D eigenvalue weighted by Crippen LogP contribution is 2.49. The van der Waals surface area contributed by atoms with Crippen molar-refractivity contribution in [1.29, 1.82) is 0 Å². The van der Waals surface area contributed by atoms with Crippen molar-refractivity contribution in [3.05, 3.63) is 23.8 Å². The standard InChI is InChI=1S/C19H25NO6/c1-19(2,3)26-18(23)14(21)10-20-17(22)13-9-12(13)11-4-5-15-16(8-11)25-7-6-24-15/h4-5,8,12-14,21H,6-7,9-10H2,1-3H3,(H,20,22)/t12-,13-,14+/m0/s1. The number of hydrogen-bond donors (Lipinski definition) is 2. The average molecular weight is 363 g/mol. The summed E-state index contributed by atoms with van der Waals surface area (Å²) in [6.07, 6.45) is -0.641. The zero-order valence-electron chi connectivity index (χ0n) is 15.3. The van der Waals surface area contributed by atoms with Crippen molar-refractivity contribution >= 4 is 11.9 Å². The summed E-state index contributed by atoms with van der Waals surface area (Å²) in [7, 11) is 0. The van der Waals surface area contributed by atoms with Crippen molar-refractivity contribution in [2.45, 2.75) is 44.8 Å². The number of rotatable bonds is 5. The zero-order valence-corrected chi connectivity index (χ0v) is 15.3. The predicted octanol–water partition coefficient (Wildman–Crippen LogP) is 1.38. The van der Waals surface area contributed by atoms with E-state index in [-0.39, 0.29) is 24.3 Å². The van der Waals surface area contributed by atoms with Gasteiger partial charge in [-0.25, -0.2) is 4.79 Å². The van der Waals surface area contributed by atoms with Crippen LogP contribution < -0.4 is 14.8 Å². The molecular formula is C19H25NO6. The molecule has 0 spiro atoms. The van der Waals surface area contributed by atoms with Crippen LogP contribution in [0.1, 0.15) is 38.7 Å². The number of aliphatic hydroxyl groups excluding tert-OH is 1. The first-order chi connectivity index (χ1) is 12.2. The van der Waals surface area contributed by atoms with Gasteiger partial charge in [-0.3, -0.25) is 4.79 Å². The van der Waals surface area contributed by atoms with Gasteiger partial charge < -0.3 is 24.6 Å². The van der Waals surface area contributed by atoms with Crippen LogP contribution in [0.4, 0.5) is 0 Å². The van der Waals surface area contributed by atoms with Gasteiger partial charge in [0.2, 0.25) is 5.91 Å². The Morgan fingerprint density at radius 2 is 1.96 bits per heavy atom. The Kier molecular flexibility index (Phi) is 5.09. The molecule has 0 aromatic heterocycles. The second-order valence-electron chi connectivity index (χ2n) is 7.65. The number of carbonyl (C=O) groups excluding carboxylic acids is 2. The van der Waals surface area contributed by atoms with Crippen LogP contribution in [0.3, 0.4) is 0 Å². The van der Waals surface area contributed by atoms with Crippen LogP contribution in [0.15, 0.2) is 18.2 Å². The Morgan fingerprint density at radius 3 is 2.65 bits per heavy atom. The van der Waals surface area contributed by atoms with Gasteiger partial charge in [0, 0.05) is 5.92 Å². The Morgan fingerprint density at radius 1 is 1.27 bits per heavy atom. The minimum atomic E-state index is -1.37. The van der Waals surface area contributed by atoms with Gasteiger partial charge in [0.05, 0.1) is 6.54 Å². The molecule has 1 heterocycles. The number of amides is 1. The molecule has 1 aromatic carbocycles. The number of benzene rings is 1. The number of aliphatic hydroxyl groups is 1. The van der Waals surface area contributed by atoms with E-state index in [0.717, 1.165) is 17.7 Å². The molecule has 2 N–H and O–H groups in total. The van der Waals surface area contributed by atoms with Gasteiger partial charge in [0.1, 0.15) is 18.8 Å². The monoisotopic (exact) mass is 363 g/mol. The topological polar surface area (TPSA) is 94.1 Å². The molecule has 26 heavy (non-hydrogen) atoms. The minimum absolute atomic E-state index is 0.115. The normalized spacial score (nSPS) is 22.3. The maximum Gasteiger partial charge on any atom is 0.337 e. The molecule has 0 unspecified atom stereocenters. The highest BCUT2D eigenvalue weighted by Gasteiger charge is 2.44. The Labute approximate surface area is 152 Å². The third-order valence-electron chi connectivity index (χ3n) is 4.27. The smallest absolute Gasteiger partial charge is 0.337 e. The number of esters is 1. The minimum Gasteiger partial charge on any atom is -0.486 e. The second-order valence-corrected chi connectivity index (χ2v) is 7.65. The molecule has 1 saturated carbocycles. The molecule has 0 radical (unpaired) electrons. The van der Waals surface area contributed by atoms with Crippen LogP contribution in [0, 0.1) is 5.92 Å². The van der Waals surface area contributed by atoms with Crippen LogP contribution >= 0.6 is 0 Å². The first-order valence-corrected chi connectivity index (χ1v) is 8.83. The second kappa shape index (κ2) is 7.15. The summed E-state index contributed by atoms with van der Waals surface area (Å²) in [6, 6.07) is 5.73. The average Bonchev–Trinajstić information content (AvgIpc) is 3.38. The Bertz CT molecular complexity index is 696. The van der Waals surface area contributed by atoms with E-state index in [1.807, 2.05) is 18.2 Å². The largest absolute Gasteiger partial charge is 0.486 e. The SMILES string of the molecule is CC(C)(C)OC(=O)[C@H](O)CNC(=O)[C@H]1C[C@H]1c1ccc2c(c1)OCCO2. The van der Waals surface area contributed by atoms with Crippen molar-refractivity contribution in [3.63, 3.8) is 0 Å². The van der Waals surface area contributed by atoms with Gasteiger partial charge in [0.15, 0.2) is 17.6 Å². The van der Waals surface area contributed by atoms with E-state index in [2.05, 4.69) is 5.32 Å². The highest BCUT2D eigenvalue weighted by atomic mass is 16.6. The molecule has 3 rings (SSSR count). The number of fused-ring (bicyclic) bond motifs is 1. The lowest BCUT2D eigenvalue weighted by atomic mass is 10.1. The van der Waals surface area contributed by atoms with Gasteiger partial charge in [0.25, 0.3) is 0 Å². The molecule has 1 aromatic rings. The maximum absolute atomic E-state index is 12.3. The van der Waals surface area contributed by atoms with Crippen LogP contribution in [-0.4, -0.2) is 48.4 Å². The molecule has 0 bridgehead atoms. The first kappa shape index (κ1) is 18.5. The molecule has 7 heteroatoms. The molecular weight excluding hydrogens is 338 g/mol. The van der Waals surface area contributed by atoms with E-state index in [9.17, 15) is 14.7 Å². The lowest BCUT2D eigenvalue weighted by Crippen LogP contribution is -2.40. The third-order valence-corrected chi connectivity index (χ3v) is 4.27. The van der Waals surface area contributed by atoms with E-state index in [1.54, 1.807) is 20.8 Å². The molecule has 1 fully saturated rings. The number of ether oxygens (including phenoxy) is 3. The quantitative estimate of drug-likeness (QED) is 0.768. The van der Waals surface area contributed by atoms with Crippen LogP contribution in [0.5, 0.6) is 11.5 Å². The van der Waals surface area contributed by atoms with Crippen LogP contribution in [0.2, 0.25) is 0 Å². The molecule has 1 aliphatic heterocycles. The van der Waals surface area contributed by atoms with Gasteiger partial charge in [-0.2, -0.15) is 0 Å². The summed E-state index contributed by atoms with van der Waals surface area (Å²) >= 11 is 0. The number of carbonyl (C=O) groups is 2. The Hall–Kier alpha value is -2.28. The van der Waals surface area contributed by atoms with Crippen LogP contribution in [0.25, 0.3) is 0 Å². The van der Waals surface area contributed by atoms with Gasteiger partial charge in [-0.1, -0.05) is 6.07 Å². The summed E-state index contributed by atoms with van der Waals surface area (Å²) in [4.78, 5) is 24.0.